The van der Waals surface area contributed by atoms with Gasteiger partial charge in [0, 0.05) is 10.7 Å². The molecule has 8 nitrogen and oxygen atoms in total. The second kappa shape index (κ2) is 4.95. The predicted molar refractivity (Wildman–Crippen MR) is 63.7 cm³/mol. The number of phenols is 1. The van der Waals surface area contributed by atoms with E-state index < -0.39 is 0 Å². The first-order valence-electron chi connectivity index (χ1n) is 4.96. The van der Waals surface area contributed by atoms with Crippen molar-refractivity contribution in [1.29, 1.82) is 0 Å². The average Bonchev–Trinajstić information content (AvgIpc) is 2.78. The van der Waals surface area contributed by atoms with Gasteiger partial charge in [0.2, 0.25) is 12.1 Å². The number of aromatic nitrogens is 2. The molecule has 0 aliphatic heterocycles. The van der Waals surface area contributed by atoms with Crippen molar-refractivity contribution in [3.63, 3.8) is 0 Å². The monoisotopic (exact) mass is 247 g/mol. The average molecular weight is 247 g/mol. The number of nitrogens with one attached hydrogen (secondary N) is 1. The summed E-state index contributed by atoms with van der Waals surface area (Å²) in [5.41, 5.74) is 12.1. The molecular weight excluding hydrogens is 236 g/mol. The highest BCUT2D eigenvalue weighted by Crippen LogP contribution is 2.06. The first-order chi connectivity index (χ1) is 8.66. The number of benzene rings is 1. The normalized spacial score (nSPS) is 12.1. The first kappa shape index (κ1) is 11.6. The Morgan fingerprint density at radius 3 is 2.67 bits per heavy atom. The van der Waals surface area contributed by atoms with Crippen molar-refractivity contribution in [1.82, 2.24) is 10.3 Å². The van der Waals surface area contributed by atoms with Crippen LogP contribution in [0.4, 0.5) is 5.82 Å². The smallest absolute Gasteiger partial charge is 0.224 e. The van der Waals surface area contributed by atoms with Crippen LogP contribution in [0.5, 0.6) is 5.75 Å². The van der Waals surface area contributed by atoms with Gasteiger partial charge in [-0.05, 0) is 34.6 Å². The molecule has 1 aromatic carbocycles. The summed E-state index contributed by atoms with van der Waals surface area (Å²) < 4.78 is 4.39. The summed E-state index contributed by atoms with van der Waals surface area (Å²) in [5, 5.41) is 22.4. The van der Waals surface area contributed by atoms with Crippen LogP contribution in [0.15, 0.2) is 34.0 Å². The maximum absolute atomic E-state index is 9.10. The van der Waals surface area contributed by atoms with Crippen LogP contribution in [-0.4, -0.2) is 27.5 Å². The van der Waals surface area contributed by atoms with E-state index in [9.17, 15) is 0 Å². The van der Waals surface area contributed by atoms with Crippen LogP contribution >= 0.6 is 0 Å². The highest BCUT2D eigenvalue weighted by molar-refractivity contribution is 5.98. The molecule has 8 heteroatoms. The highest BCUT2D eigenvalue weighted by atomic mass is 16.6. The lowest BCUT2D eigenvalue weighted by Crippen LogP contribution is -2.63. The molecule has 92 valence electrons. The van der Waals surface area contributed by atoms with E-state index in [0.29, 0.717) is 0 Å². The number of amidine groups is 1. The molecule has 2 aromatic rings. The second-order valence-electron chi connectivity index (χ2n) is 3.36. The van der Waals surface area contributed by atoms with Crippen molar-refractivity contribution in [3.8, 4) is 5.75 Å². The van der Waals surface area contributed by atoms with Crippen LogP contribution in [0.25, 0.3) is 0 Å². The zero-order valence-corrected chi connectivity index (χ0v) is 9.24. The van der Waals surface area contributed by atoms with Crippen molar-refractivity contribution in [2.75, 3.05) is 5.73 Å². The van der Waals surface area contributed by atoms with E-state index in [1.807, 2.05) is 0 Å². The van der Waals surface area contributed by atoms with Gasteiger partial charge in [-0.3, -0.25) is 0 Å². The number of anilines is 1. The molecule has 1 heterocycles. The minimum atomic E-state index is 0.0591. The molecule has 0 atom stereocenters. The second-order valence-corrected chi connectivity index (χ2v) is 3.36. The van der Waals surface area contributed by atoms with Crippen molar-refractivity contribution in [2.24, 2.45) is 10.8 Å². The van der Waals surface area contributed by atoms with Crippen LogP contribution < -0.4 is 16.6 Å². The van der Waals surface area contributed by atoms with Gasteiger partial charge in [-0.1, -0.05) is 0 Å². The van der Waals surface area contributed by atoms with E-state index in [-0.39, 0.29) is 23.1 Å². The van der Waals surface area contributed by atoms with E-state index in [0.717, 1.165) is 5.56 Å². The van der Waals surface area contributed by atoms with Gasteiger partial charge in [0.15, 0.2) is 11.5 Å². The maximum atomic E-state index is 9.10. The summed E-state index contributed by atoms with van der Waals surface area (Å²) in [6.45, 7) is 0. The van der Waals surface area contributed by atoms with Gasteiger partial charge in [0.05, 0.1) is 0 Å². The van der Waals surface area contributed by atoms with Gasteiger partial charge in [0.25, 0.3) is 0 Å². The van der Waals surface area contributed by atoms with Crippen LogP contribution in [0.3, 0.4) is 0 Å². The fourth-order valence-corrected chi connectivity index (χ4v) is 1.17. The summed E-state index contributed by atoms with van der Waals surface area (Å²) in [6.07, 6.45) is 1.59. The number of hydrogen-bond acceptors (Lipinski definition) is 6. The van der Waals surface area contributed by atoms with E-state index in [1.54, 1.807) is 30.5 Å². The zero-order valence-electron chi connectivity index (χ0n) is 9.24. The minimum absolute atomic E-state index is 0.0591. The number of nitrogens with zero attached hydrogens (tertiary/aromatic N) is 3. The molecule has 0 spiro atoms. The fourth-order valence-electron chi connectivity index (χ4n) is 1.17. The number of aromatic hydroxyl groups is 1. The Kier molecular flexibility index (Phi) is 3.19. The molecule has 6 N–H and O–H groups in total. The molecule has 0 saturated heterocycles. The lowest BCUT2D eigenvalue weighted by molar-refractivity contribution is -0.456. The fraction of sp³-hybridized carbons (Fsp3) is 0. The molecule has 0 fully saturated rings. The molecule has 0 aliphatic carbocycles. The summed E-state index contributed by atoms with van der Waals surface area (Å²) in [6, 6.07) is 6.53. The number of rotatable bonds is 3. The Morgan fingerprint density at radius 1 is 1.33 bits per heavy atom. The van der Waals surface area contributed by atoms with Crippen molar-refractivity contribution >= 4 is 17.9 Å². The standard InChI is InChI=1S/C10H10N6O2/c11-9(8-10(12)16-18-15-8)14-13-5-6-1-3-7(17)4-2-6/h1-5,17H,(H2,11,14)(H2,12,16)/p+1/b13-5+. The van der Waals surface area contributed by atoms with E-state index >= 15 is 0 Å². The van der Waals surface area contributed by atoms with Crippen molar-refractivity contribution < 1.29 is 14.8 Å². The quantitative estimate of drug-likeness (QED) is 0.286. The van der Waals surface area contributed by atoms with Crippen LogP contribution in [0.1, 0.15) is 11.3 Å². The first-order valence-corrected chi connectivity index (χ1v) is 4.96. The Labute approximate surface area is 102 Å². The van der Waals surface area contributed by atoms with E-state index in [1.165, 1.54) is 0 Å². The maximum Gasteiger partial charge on any atom is 0.224 e. The Morgan fingerprint density at radius 2 is 2.06 bits per heavy atom. The van der Waals surface area contributed by atoms with Gasteiger partial charge in [-0.2, -0.15) is 0 Å². The summed E-state index contributed by atoms with van der Waals surface area (Å²) in [4.78, 5) is 0. The van der Waals surface area contributed by atoms with E-state index in [4.69, 9.17) is 16.6 Å². The SMILES string of the molecule is NC(=N/[NH+]=C/c1ccc(O)cc1)c1nonc1N. The van der Waals surface area contributed by atoms with Gasteiger partial charge in [-0.25, -0.2) is 4.63 Å². The van der Waals surface area contributed by atoms with E-state index in [2.05, 4.69) is 25.1 Å². The van der Waals surface area contributed by atoms with Gasteiger partial charge in [0.1, 0.15) is 5.75 Å². The molecular formula is C10H11N6O2+. The number of hydrazone groups is 1. The lowest BCUT2D eigenvalue weighted by atomic mass is 10.2. The third-order valence-electron chi connectivity index (χ3n) is 2.07. The molecule has 0 amide bonds. The minimum Gasteiger partial charge on any atom is -0.508 e. The van der Waals surface area contributed by atoms with Gasteiger partial charge in [-0.15, -0.1) is 5.10 Å². The lowest BCUT2D eigenvalue weighted by Gasteiger charge is -1.89. The highest BCUT2D eigenvalue weighted by Gasteiger charge is 2.11. The molecule has 0 bridgehead atoms. The molecule has 18 heavy (non-hydrogen) atoms. The van der Waals surface area contributed by atoms with Crippen molar-refractivity contribution in [3.05, 3.63) is 35.5 Å². The number of phenolic OH excluding ortho intramolecular Hbond substituents is 1. The third-order valence-corrected chi connectivity index (χ3v) is 2.07. The summed E-state index contributed by atoms with van der Waals surface area (Å²) in [5.74, 6) is 0.322. The topological polar surface area (TPSA) is 138 Å². The summed E-state index contributed by atoms with van der Waals surface area (Å²) in [7, 11) is 0. The van der Waals surface area contributed by atoms with Gasteiger partial charge >= 0.3 is 0 Å². The predicted octanol–water partition coefficient (Wildman–Crippen LogP) is -1.82. The Hall–Kier alpha value is -2.90. The van der Waals surface area contributed by atoms with Crippen LogP contribution in [0.2, 0.25) is 0 Å². The largest absolute Gasteiger partial charge is 0.508 e. The molecule has 0 radical (unpaired) electrons. The molecule has 0 unspecified atom stereocenters. The molecule has 2 rings (SSSR count). The Balaban J connectivity index is 2.11. The number of nitrogens with two attached hydrogens (primary N) is 2. The summed E-state index contributed by atoms with van der Waals surface area (Å²) >= 11 is 0. The Bertz CT molecular complexity index is 587. The molecule has 0 saturated carbocycles. The molecule has 1 aromatic heterocycles. The third kappa shape index (κ3) is 2.61. The molecule has 0 aliphatic rings. The van der Waals surface area contributed by atoms with Crippen molar-refractivity contribution in [2.45, 2.75) is 0 Å². The zero-order chi connectivity index (χ0) is 13.0. The number of nitrogen functional groups attached to an aromatic ring is 1. The van der Waals surface area contributed by atoms with Crippen LogP contribution in [0, 0.1) is 0 Å². The van der Waals surface area contributed by atoms with Gasteiger partial charge < -0.3 is 16.6 Å². The van der Waals surface area contributed by atoms with Crippen LogP contribution in [-0.2, 0) is 0 Å². The number of hydrogen-bond donors (Lipinski definition) is 4.